The van der Waals surface area contributed by atoms with Gasteiger partial charge in [-0.3, -0.25) is 4.79 Å². The van der Waals surface area contributed by atoms with E-state index in [4.69, 9.17) is 10.7 Å². The Bertz CT molecular complexity index is 654. The predicted octanol–water partition coefficient (Wildman–Crippen LogP) is 2.67. The van der Waals surface area contributed by atoms with Crippen molar-refractivity contribution in [2.45, 2.75) is 37.1 Å². The van der Waals surface area contributed by atoms with Gasteiger partial charge in [-0.05, 0) is 50.8 Å². The number of benzene rings is 1. The highest BCUT2D eigenvalue weighted by Crippen LogP contribution is 2.39. The van der Waals surface area contributed by atoms with Crippen molar-refractivity contribution in [1.82, 2.24) is 5.32 Å². The molecule has 1 N–H and O–H groups in total. The zero-order valence-electron chi connectivity index (χ0n) is 11.1. The Morgan fingerprint density at radius 2 is 2.00 bits per heavy atom. The smallest absolute Gasteiger partial charge is 0.261 e. The van der Waals surface area contributed by atoms with Crippen LogP contribution in [0.5, 0.6) is 0 Å². The molecule has 20 heavy (non-hydrogen) atoms. The maximum atomic E-state index is 13.7. The number of halogens is 2. The van der Waals surface area contributed by atoms with Gasteiger partial charge < -0.3 is 5.32 Å². The molecule has 1 amide bonds. The van der Waals surface area contributed by atoms with Gasteiger partial charge in [0.25, 0.3) is 15.0 Å². The second kappa shape index (κ2) is 5.00. The number of amides is 1. The number of carbonyl (C=O) groups is 1. The van der Waals surface area contributed by atoms with Gasteiger partial charge in [0.2, 0.25) is 0 Å². The summed E-state index contributed by atoms with van der Waals surface area (Å²) in [4.78, 5) is 11.8. The quantitative estimate of drug-likeness (QED) is 0.868. The van der Waals surface area contributed by atoms with Gasteiger partial charge >= 0.3 is 0 Å². The first-order valence-corrected chi connectivity index (χ1v) is 8.49. The highest BCUT2D eigenvalue weighted by Gasteiger charge is 2.39. The molecule has 0 radical (unpaired) electrons. The van der Waals surface area contributed by atoms with E-state index < -0.39 is 26.3 Å². The molecule has 1 aromatic carbocycles. The summed E-state index contributed by atoms with van der Waals surface area (Å²) in [7, 11) is 1.20. The zero-order valence-corrected chi connectivity index (χ0v) is 12.7. The first-order valence-electron chi connectivity index (χ1n) is 6.18. The van der Waals surface area contributed by atoms with Crippen molar-refractivity contribution in [3.63, 3.8) is 0 Å². The fraction of sp³-hybridized carbons (Fsp3) is 0.462. The van der Waals surface area contributed by atoms with Gasteiger partial charge in [-0.15, -0.1) is 0 Å². The normalized spacial score (nSPS) is 16.0. The Balaban J connectivity index is 2.29. The van der Waals surface area contributed by atoms with Gasteiger partial charge in [0.05, 0.1) is 10.5 Å². The molecule has 0 spiro atoms. The van der Waals surface area contributed by atoms with E-state index in [2.05, 4.69) is 5.32 Å². The Morgan fingerprint density at radius 1 is 1.40 bits per heavy atom. The van der Waals surface area contributed by atoms with Crippen LogP contribution >= 0.6 is 10.7 Å². The minimum absolute atomic E-state index is 0.296. The number of carbonyl (C=O) groups excluding carboxylic acids is 1. The van der Waals surface area contributed by atoms with Crippen molar-refractivity contribution < 1.29 is 17.6 Å². The van der Waals surface area contributed by atoms with E-state index in [9.17, 15) is 17.6 Å². The predicted molar refractivity (Wildman–Crippen MR) is 73.7 cm³/mol. The van der Waals surface area contributed by atoms with Gasteiger partial charge in [0, 0.05) is 16.2 Å². The number of rotatable bonds is 4. The van der Waals surface area contributed by atoms with Crippen LogP contribution in [0.3, 0.4) is 0 Å². The summed E-state index contributed by atoms with van der Waals surface area (Å²) in [5, 5.41) is 2.74. The van der Waals surface area contributed by atoms with E-state index in [0.717, 1.165) is 31.0 Å². The molecule has 1 aliphatic carbocycles. The van der Waals surface area contributed by atoms with Crippen molar-refractivity contribution in [3.05, 3.63) is 29.6 Å². The van der Waals surface area contributed by atoms with Crippen molar-refractivity contribution in [1.29, 1.82) is 0 Å². The lowest BCUT2D eigenvalue weighted by Gasteiger charge is -2.26. The van der Waals surface area contributed by atoms with E-state index in [1.54, 1.807) is 0 Å². The minimum atomic E-state index is -4.00. The van der Waals surface area contributed by atoms with Crippen LogP contribution in [-0.4, -0.2) is 19.9 Å². The van der Waals surface area contributed by atoms with Crippen molar-refractivity contribution in [3.8, 4) is 0 Å². The number of nitrogens with one attached hydrogen (secondary N) is 1. The number of hydrogen-bond donors (Lipinski definition) is 1. The molecule has 2 rings (SSSR count). The Kier molecular flexibility index (Phi) is 3.81. The third-order valence-corrected chi connectivity index (χ3v) is 4.85. The van der Waals surface area contributed by atoms with Gasteiger partial charge in [-0.25, -0.2) is 12.8 Å². The molecule has 7 heteroatoms. The largest absolute Gasteiger partial charge is 0.347 e. The molecule has 1 aromatic rings. The van der Waals surface area contributed by atoms with E-state index in [1.807, 2.05) is 13.8 Å². The van der Waals surface area contributed by atoms with Crippen LogP contribution in [0.4, 0.5) is 4.39 Å². The fourth-order valence-electron chi connectivity index (χ4n) is 2.10. The highest BCUT2D eigenvalue weighted by atomic mass is 35.7. The minimum Gasteiger partial charge on any atom is -0.347 e. The maximum Gasteiger partial charge on any atom is 0.261 e. The second-order valence-corrected chi connectivity index (χ2v) is 8.10. The second-order valence-electron chi connectivity index (χ2n) is 5.53. The number of hydrogen-bond acceptors (Lipinski definition) is 3. The standard InChI is InChI=1S/C13H15ClFNO3S/c1-13(2,8-3-4-8)16-12(17)10-7-9(20(14,18)19)5-6-11(10)15/h5-8H,3-4H2,1-2H3,(H,16,17). The summed E-state index contributed by atoms with van der Waals surface area (Å²) in [6.45, 7) is 3.73. The maximum absolute atomic E-state index is 13.7. The summed E-state index contributed by atoms with van der Waals surface area (Å²) < 4.78 is 36.2. The van der Waals surface area contributed by atoms with Crippen LogP contribution in [0.25, 0.3) is 0 Å². The molecule has 0 aromatic heterocycles. The lowest BCUT2D eigenvalue weighted by molar-refractivity contribution is 0.0899. The Morgan fingerprint density at radius 3 is 2.50 bits per heavy atom. The average Bonchev–Trinajstić information content (AvgIpc) is 3.10. The van der Waals surface area contributed by atoms with Crippen LogP contribution in [0.2, 0.25) is 0 Å². The van der Waals surface area contributed by atoms with E-state index in [0.29, 0.717) is 5.92 Å². The van der Waals surface area contributed by atoms with Crippen molar-refractivity contribution >= 4 is 25.6 Å². The van der Waals surface area contributed by atoms with Gasteiger partial charge in [0.15, 0.2) is 0 Å². The summed E-state index contributed by atoms with van der Waals surface area (Å²) >= 11 is 0. The molecule has 0 aliphatic heterocycles. The van der Waals surface area contributed by atoms with Gasteiger partial charge in [-0.2, -0.15) is 0 Å². The summed E-state index contributed by atoms with van der Waals surface area (Å²) in [6.07, 6.45) is 2.04. The van der Waals surface area contributed by atoms with Crippen LogP contribution in [0, 0.1) is 11.7 Å². The summed E-state index contributed by atoms with van der Waals surface area (Å²) in [5.74, 6) is -1.05. The molecule has 0 saturated heterocycles. The first kappa shape index (κ1) is 15.3. The molecule has 0 bridgehead atoms. The zero-order chi connectivity index (χ0) is 15.1. The lowest BCUT2D eigenvalue weighted by Crippen LogP contribution is -2.45. The molecular weight excluding hydrogens is 305 g/mol. The molecule has 110 valence electrons. The third-order valence-electron chi connectivity index (χ3n) is 3.50. The Hall–Kier alpha value is -1.14. The topological polar surface area (TPSA) is 63.2 Å². The molecule has 4 nitrogen and oxygen atoms in total. The molecule has 0 atom stereocenters. The molecule has 1 aliphatic rings. The van der Waals surface area contributed by atoms with E-state index in [1.165, 1.54) is 0 Å². The molecule has 1 saturated carbocycles. The van der Waals surface area contributed by atoms with Gasteiger partial charge in [0.1, 0.15) is 5.82 Å². The third kappa shape index (κ3) is 3.30. The lowest BCUT2D eigenvalue weighted by atomic mass is 9.98. The van der Waals surface area contributed by atoms with Crippen molar-refractivity contribution in [2.75, 3.05) is 0 Å². The monoisotopic (exact) mass is 319 g/mol. The van der Waals surface area contributed by atoms with Crippen molar-refractivity contribution in [2.24, 2.45) is 5.92 Å². The molecular formula is C13H15ClFNO3S. The van der Waals surface area contributed by atoms with E-state index in [-0.39, 0.29) is 10.5 Å². The van der Waals surface area contributed by atoms with Crippen LogP contribution in [0.1, 0.15) is 37.0 Å². The van der Waals surface area contributed by atoms with Crippen LogP contribution in [-0.2, 0) is 9.05 Å². The fourth-order valence-corrected chi connectivity index (χ4v) is 2.87. The van der Waals surface area contributed by atoms with Crippen LogP contribution < -0.4 is 5.32 Å². The first-order chi connectivity index (χ1) is 9.11. The average molecular weight is 320 g/mol. The molecule has 0 unspecified atom stereocenters. The summed E-state index contributed by atoms with van der Waals surface area (Å²) in [5.41, 5.74) is -0.764. The van der Waals surface area contributed by atoms with E-state index >= 15 is 0 Å². The molecule has 1 fully saturated rings. The molecule has 0 heterocycles. The SMILES string of the molecule is CC(C)(NC(=O)c1cc(S(=O)(=O)Cl)ccc1F)C1CC1. The van der Waals surface area contributed by atoms with Gasteiger partial charge in [-0.1, -0.05) is 0 Å². The summed E-state index contributed by atoms with van der Waals surface area (Å²) in [6, 6.07) is 2.91. The highest BCUT2D eigenvalue weighted by molar-refractivity contribution is 8.13. The van der Waals surface area contributed by atoms with Crippen LogP contribution in [0.15, 0.2) is 23.1 Å². The Labute approximate surface area is 121 Å².